The topological polar surface area (TPSA) is 37.8 Å². The third-order valence-corrected chi connectivity index (χ3v) is 4.08. The van der Waals surface area contributed by atoms with E-state index in [-0.39, 0.29) is 0 Å². The molecule has 4 heteroatoms. The van der Waals surface area contributed by atoms with Crippen LogP contribution in [0.5, 0.6) is 0 Å². The molecule has 0 aliphatic rings. The highest BCUT2D eigenvalue weighted by molar-refractivity contribution is 7.98. The lowest BCUT2D eigenvalue weighted by Crippen LogP contribution is -2.05. The molecule has 2 rings (SSSR count). The van der Waals surface area contributed by atoms with E-state index < -0.39 is 0 Å². The van der Waals surface area contributed by atoms with Crippen LogP contribution in [0.25, 0.3) is 0 Å². The Hall–Kier alpha value is -1.55. The number of rotatable bonds is 6. The molecule has 0 amide bonds. The van der Waals surface area contributed by atoms with Gasteiger partial charge in [0.25, 0.3) is 0 Å². The normalized spacial score (nSPS) is 10.6. The first-order chi connectivity index (χ1) is 9.69. The van der Waals surface area contributed by atoms with Gasteiger partial charge in [0.1, 0.15) is 5.03 Å². The van der Waals surface area contributed by atoms with Crippen LogP contribution in [0, 0.1) is 13.8 Å². The summed E-state index contributed by atoms with van der Waals surface area (Å²) in [7, 11) is 0. The molecule has 106 valence electrons. The van der Waals surface area contributed by atoms with E-state index in [4.69, 9.17) is 0 Å². The van der Waals surface area contributed by atoms with E-state index in [1.54, 1.807) is 11.8 Å². The zero-order valence-corrected chi connectivity index (χ0v) is 13.1. The Labute approximate surface area is 125 Å². The van der Waals surface area contributed by atoms with Crippen molar-refractivity contribution in [3.63, 3.8) is 0 Å². The van der Waals surface area contributed by atoms with Crippen molar-refractivity contribution in [1.82, 2.24) is 9.97 Å². The van der Waals surface area contributed by atoms with Gasteiger partial charge in [-0.3, -0.25) is 0 Å². The molecule has 1 N–H and O–H groups in total. The Morgan fingerprint density at radius 3 is 2.85 bits per heavy atom. The highest BCUT2D eigenvalue weighted by Crippen LogP contribution is 2.24. The van der Waals surface area contributed by atoms with Crippen molar-refractivity contribution in [1.29, 1.82) is 0 Å². The van der Waals surface area contributed by atoms with Crippen LogP contribution in [0.3, 0.4) is 0 Å². The van der Waals surface area contributed by atoms with E-state index in [0.717, 1.165) is 35.3 Å². The number of thioether (sulfide) groups is 1. The molecule has 0 atom stereocenters. The summed E-state index contributed by atoms with van der Waals surface area (Å²) in [5.74, 6) is 1.66. The highest BCUT2D eigenvalue weighted by Gasteiger charge is 2.05. The molecule has 1 aromatic heterocycles. The largest absolute Gasteiger partial charge is 0.354 e. The maximum absolute atomic E-state index is 4.59. The Bertz CT molecular complexity index is 569. The summed E-state index contributed by atoms with van der Waals surface area (Å²) >= 11 is 1.77. The molecule has 0 radical (unpaired) electrons. The SMILES string of the molecule is CCCNc1ncc(C)c(SCc2cccc(C)c2)n1. The second-order valence-electron chi connectivity index (χ2n) is 4.89. The standard InChI is InChI=1S/C16H21N3S/c1-4-8-17-16-18-10-13(3)15(19-16)20-11-14-7-5-6-12(2)9-14/h5-7,9-10H,4,8,11H2,1-3H3,(H,17,18,19). The predicted octanol–water partition coefficient (Wildman–Crippen LogP) is 4.21. The summed E-state index contributed by atoms with van der Waals surface area (Å²) < 4.78 is 0. The average molecular weight is 287 g/mol. The van der Waals surface area contributed by atoms with Gasteiger partial charge in [0.05, 0.1) is 0 Å². The van der Waals surface area contributed by atoms with Gasteiger partial charge in [-0.2, -0.15) is 0 Å². The number of aromatic nitrogens is 2. The second kappa shape index (κ2) is 7.29. The molecule has 0 saturated carbocycles. The van der Waals surface area contributed by atoms with Gasteiger partial charge in [-0.15, -0.1) is 11.8 Å². The molecule has 0 saturated heterocycles. The Balaban J connectivity index is 2.04. The first-order valence-corrected chi connectivity index (χ1v) is 7.93. The van der Waals surface area contributed by atoms with Gasteiger partial charge in [-0.05, 0) is 31.4 Å². The van der Waals surface area contributed by atoms with Gasteiger partial charge < -0.3 is 5.32 Å². The predicted molar refractivity (Wildman–Crippen MR) is 86.3 cm³/mol. The van der Waals surface area contributed by atoms with Crippen molar-refractivity contribution in [3.8, 4) is 0 Å². The number of aryl methyl sites for hydroxylation is 2. The van der Waals surface area contributed by atoms with Crippen LogP contribution in [0.15, 0.2) is 35.5 Å². The minimum atomic E-state index is 0.726. The van der Waals surface area contributed by atoms with E-state index in [1.165, 1.54) is 11.1 Å². The molecule has 2 aromatic rings. The van der Waals surface area contributed by atoms with Crippen LogP contribution < -0.4 is 5.32 Å². The molecule has 0 fully saturated rings. The maximum Gasteiger partial charge on any atom is 0.223 e. The lowest BCUT2D eigenvalue weighted by molar-refractivity contribution is 0.925. The number of benzene rings is 1. The molecule has 3 nitrogen and oxygen atoms in total. The lowest BCUT2D eigenvalue weighted by atomic mass is 10.2. The number of nitrogens with one attached hydrogen (secondary N) is 1. The van der Waals surface area contributed by atoms with Gasteiger partial charge in [-0.1, -0.05) is 36.8 Å². The van der Waals surface area contributed by atoms with Crippen LogP contribution in [0.1, 0.15) is 30.0 Å². The van der Waals surface area contributed by atoms with Crippen molar-refractivity contribution < 1.29 is 0 Å². The van der Waals surface area contributed by atoms with Crippen LogP contribution >= 0.6 is 11.8 Å². The minimum absolute atomic E-state index is 0.726. The van der Waals surface area contributed by atoms with Crippen LogP contribution in [-0.4, -0.2) is 16.5 Å². The monoisotopic (exact) mass is 287 g/mol. The zero-order valence-electron chi connectivity index (χ0n) is 12.3. The van der Waals surface area contributed by atoms with E-state index >= 15 is 0 Å². The molecule has 20 heavy (non-hydrogen) atoms. The number of hydrogen-bond acceptors (Lipinski definition) is 4. The maximum atomic E-state index is 4.59. The summed E-state index contributed by atoms with van der Waals surface area (Å²) in [6.07, 6.45) is 2.96. The fourth-order valence-electron chi connectivity index (χ4n) is 1.85. The van der Waals surface area contributed by atoms with E-state index in [9.17, 15) is 0 Å². The first-order valence-electron chi connectivity index (χ1n) is 6.95. The second-order valence-corrected chi connectivity index (χ2v) is 5.85. The van der Waals surface area contributed by atoms with Crippen molar-refractivity contribution in [3.05, 3.63) is 47.2 Å². The molecule has 0 bridgehead atoms. The van der Waals surface area contributed by atoms with Crippen molar-refractivity contribution in [2.75, 3.05) is 11.9 Å². The van der Waals surface area contributed by atoms with Gasteiger partial charge >= 0.3 is 0 Å². The third-order valence-electron chi connectivity index (χ3n) is 2.92. The number of nitrogens with zero attached hydrogens (tertiary/aromatic N) is 2. The summed E-state index contributed by atoms with van der Waals surface area (Å²) in [4.78, 5) is 8.90. The summed E-state index contributed by atoms with van der Waals surface area (Å²) in [5, 5.41) is 4.29. The van der Waals surface area contributed by atoms with Crippen molar-refractivity contribution >= 4 is 17.7 Å². The molecule has 1 heterocycles. The molecule has 0 unspecified atom stereocenters. The third kappa shape index (κ3) is 4.23. The van der Waals surface area contributed by atoms with Crippen LogP contribution in [0.2, 0.25) is 0 Å². The van der Waals surface area contributed by atoms with Gasteiger partial charge in [0.15, 0.2) is 0 Å². The minimum Gasteiger partial charge on any atom is -0.354 e. The highest BCUT2D eigenvalue weighted by atomic mass is 32.2. The molecule has 0 aliphatic carbocycles. The molecule has 0 aliphatic heterocycles. The smallest absolute Gasteiger partial charge is 0.223 e. The molecule has 1 aromatic carbocycles. The Morgan fingerprint density at radius 1 is 1.25 bits per heavy atom. The van der Waals surface area contributed by atoms with E-state index in [1.807, 2.05) is 6.20 Å². The van der Waals surface area contributed by atoms with E-state index in [2.05, 4.69) is 60.3 Å². The molecular weight excluding hydrogens is 266 g/mol. The van der Waals surface area contributed by atoms with Gasteiger partial charge in [0, 0.05) is 18.5 Å². The quantitative estimate of drug-likeness (QED) is 0.638. The fraction of sp³-hybridized carbons (Fsp3) is 0.375. The molecular formula is C16H21N3S. The van der Waals surface area contributed by atoms with Crippen LogP contribution in [0.4, 0.5) is 5.95 Å². The average Bonchev–Trinajstić information content (AvgIpc) is 2.45. The Kier molecular flexibility index (Phi) is 5.41. The van der Waals surface area contributed by atoms with E-state index in [0.29, 0.717) is 0 Å². The van der Waals surface area contributed by atoms with Crippen LogP contribution in [-0.2, 0) is 5.75 Å². The summed E-state index contributed by atoms with van der Waals surface area (Å²) in [6.45, 7) is 7.22. The van der Waals surface area contributed by atoms with Gasteiger partial charge in [-0.25, -0.2) is 9.97 Å². The van der Waals surface area contributed by atoms with Gasteiger partial charge in [0.2, 0.25) is 5.95 Å². The Morgan fingerprint density at radius 2 is 2.10 bits per heavy atom. The van der Waals surface area contributed by atoms with Crippen molar-refractivity contribution in [2.24, 2.45) is 0 Å². The number of anilines is 1. The number of hydrogen-bond donors (Lipinski definition) is 1. The first kappa shape index (κ1) is 14.9. The zero-order chi connectivity index (χ0) is 14.4. The fourth-order valence-corrected chi connectivity index (χ4v) is 2.76. The summed E-state index contributed by atoms with van der Waals surface area (Å²) in [5.41, 5.74) is 3.76. The summed E-state index contributed by atoms with van der Waals surface area (Å²) in [6, 6.07) is 8.61. The lowest BCUT2D eigenvalue weighted by Gasteiger charge is -2.08. The van der Waals surface area contributed by atoms with Crippen molar-refractivity contribution in [2.45, 2.75) is 38.0 Å². The molecule has 0 spiro atoms.